The molecule has 2 heterocycles. The molecular weight excluding hydrogens is 264 g/mol. The van der Waals surface area contributed by atoms with Gasteiger partial charge in [0.2, 0.25) is 0 Å². The third-order valence-corrected chi connectivity index (χ3v) is 4.07. The molecule has 0 fully saturated rings. The van der Waals surface area contributed by atoms with Crippen LogP contribution in [0.3, 0.4) is 0 Å². The van der Waals surface area contributed by atoms with Crippen molar-refractivity contribution >= 4 is 11.2 Å². The van der Waals surface area contributed by atoms with Crippen LogP contribution < -0.4 is 10.5 Å². The number of nitrogen functional groups attached to an aromatic ring is 1. The minimum Gasteiger partial charge on any atom is -0.475 e. The third kappa shape index (κ3) is 2.83. The molecule has 0 aromatic carbocycles. The topological polar surface area (TPSA) is 52.5 Å². The van der Waals surface area contributed by atoms with Crippen LogP contribution in [-0.4, -0.2) is 48.4 Å². The normalized spacial score (nSPS) is 14.6. The Morgan fingerprint density at radius 2 is 2.10 bits per heavy atom. The van der Waals surface area contributed by atoms with E-state index < -0.39 is 0 Å². The van der Waals surface area contributed by atoms with Crippen LogP contribution in [0.25, 0.3) is 5.52 Å². The van der Waals surface area contributed by atoms with E-state index in [-0.39, 0.29) is 0 Å². The Morgan fingerprint density at radius 3 is 2.86 bits per heavy atom. The zero-order valence-corrected chi connectivity index (χ0v) is 13.2. The number of nitrogens with two attached hydrogens (primary N) is 1. The molecule has 0 saturated carbocycles. The standard InChI is InChI=1S/C16H25N4O/c1-20(2,3)10-5-11-21-16-15(17)14-9-8-12-6-4-7-13(12)19(14)18-16/h8-9H,4-7,10-11,17H2,1-3H3/q+1. The number of aromatic nitrogens is 2. The van der Waals surface area contributed by atoms with Crippen LogP contribution in [0.2, 0.25) is 0 Å². The molecule has 1 aliphatic carbocycles. The summed E-state index contributed by atoms with van der Waals surface area (Å²) < 4.78 is 8.73. The summed E-state index contributed by atoms with van der Waals surface area (Å²) in [5, 5.41) is 4.58. The van der Waals surface area contributed by atoms with Gasteiger partial charge in [0.1, 0.15) is 5.69 Å². The summed E-state index contributed by atoms with van der Waals surface area (Å²) in [4.78, 5) is 0. The summed E-state index contributed by atoms with van der Waals surface area (Å²) in [6.45, 7) is 1.73. The van der Waals surface area contributed by atoms with Gasteiger partial charge in [-0.1, -0.05) is 6.07 Å². The number of fused-ring (bicyclic) bond motifs is 3. The molecule has 2 aromatic heterocycles. The highest BCUT2D eigenvalue weighted by molar-refractivity contribution is 5.75. The van der Waals surface area contributed by atoms with Crippen molar-refractivity contribution in [2.45, 2.75) is 25.7 Å². The molecule has 5 heteroatoms. The van der Waals surface area contributed by atoms with Crippen molar-refractivity contribution in [3.8, 4) is 5.88 Å². The lowest BCUT2D eigenvalue weighted by atomic mass is 10.2. The molecule has 0 atom stereocenters. The van der Waals surface area contributed by atoms with Crippen molar-refractivity contribution in [3.05, 3.63) is 23.4 Å². The largest absolute Gasteiger partial charge is 0.475 e. The number of quaternary nitrogens is 1. The van der Waals surface area contributed by atoms with Gasteiger partial charge in [0.25, 0.3) is 5.88 Å². The van der Waals surface area contributed by atoms with Crippen molar-refractivity contribution in [2.75, 3.05) is 40.0 Å². The summed E-state index contributed by atoms with van der Waals surface area (Å²) in [5.41, 5.74) is 10.5. The highest BCUT2D eigenvalue weighted by atomic mass is 16.5. The van der Waals surface area contributed by atoms with Gasteiger partial charge in [0.05, 0.1) is 39.8 Å². The minimum atomic E-state index is 0.580. The summed E-state index contributed by atoms with van der Waals surface area (Å²) in [7, 11) is 6.55. The number of aryl methyl sites for hydroxylation is 2. The summed E-state index contributed by atoms with van der Waals surface area (Å²) in [6, 6.07) is 4.24. The highest BCUT2D eigenvalue weighted by Crippen LogP contribution is 2.30. The smallest absolute Gasteiger partial charge is 0.257 e. The van der Waals surface area contributed by atoms with Crippen LogP contribution >= 0.6 is 0 Å². The van der Waals surface area contributed by atoms with Crippen LogP contribution in [0.1, 0.15) is 24.1 Å². The number of ether oxygens (including phenoxy) is 1. The molecule has 0 amide bonds. The van der Waals surface area contributed by atoms with Gasteiger partial charge >= 0.3 is 0 Å². The van der Waals surface area contributed by atoms with E-state index in [1.807, 2.05) is 4.52 Å². The average Bonchev–Trinajstić information content (AvgIpc) is 2.99. The average molecular weight is 289 g/mol. The maximum absolute atomic E-state index is 6.19. The molecule has 0 bridgehead atoms. The molecule has 5 nitrogen and oxygen atoms in total. The second-order valence-corrected chi connectivity index (χ2v) is 6.89. The first kappa shape index (κ1) is 14.2. The van der Waals surface area contributed by atoms with Gasteiger partial charge in [-0.25, -0.2) is 4.52 Å². The fraction of sp³-hybridized carbons (Fsp3) is 0.562. The quantitative estimate of drug-likeness (QED) is 0.675. The number of hydrogen-bond acceptors (Lipinski definition) is 3. The van der Waals surface area contributed by atoms with Gasteiger partial charge < -0.3 is 15.0 Å². The van der Waals surface area contributed by atoms with E-state index in [2.05, 4.69) is 38.4 Å². The van der Waals surface area contributed by atoms with Gasteiger partial charge in [-0.05, 0) is 30.9 Å². The Hall–Kier alpha value is -1.75. The van der Waals surface area contributed by atoms with E-state index in [4.69, 9.17) is 10.5 Å². The number of nitrogens with zero attached hydrogens (tertiary/aromatic N) is 3. The second-order valence-electron chi connectivity index (χ2n) is 6.89. The molecule has 114 valence electrons. The predicted molar refractivity (Wildman–Crippen MR) is 84.6 cm³/mol. The van der Waals surface area contributed by atoms with Crippen molar-refractivity contribution in [2.24, 2.45) is 0 Å². The van der Waals surface area contributed by atoms with E-state index in [0.29, 0.717) is 18.2 Å². The molecule has 0 saturated heterocycles. The van der Waals surface area contributed by atoms with Gasteiger partial charge in [0.15, 0.2) is 0 Å². The molecule has 0 radical (unpaired) electrons. The minimum absolute atomic E-state index is 0.580. The first-order chi connectivity index (χ1) is 9.96. The fourth-order valence-corrected chi connectivity index (χ4v) is 2.95. The van der Waals surface area contributed by atoms with E-state index in [1.165, 1.54) is 17.7 Å². The van der Waals surface area contributed by atoms with E-state index in [0.717, 1.165) is 35.8 Å². The predicted octanol–water partition coefficient (Wildman–Crippen LogP) is 1.88. The first-order valence-corrected chi connectivity index (χ1v) is 7.68. The molecule has 3 rings (SSSR count). The van der Waals surface area contributed by atoms with E-state index >= 15 is 0 Å². The summed E-state index contributed by atoms with van der Waals surface area (Å²) >= 11 is 0. The number of rotatable bonds is 5. The van der Waals surface area contributed by atoms with Gasteiger partial charge in [-0.3, -0.25) is 0 Å². The number of pyridine rings is 1. The molecule has 0 unspecified atom stereocenters. The second kappa shape index (κ2) is 5.22. The maximum atomic E-state index is 6.19. The lowest BCUT2D eigenvalue weighted by Crippen LogP contribution is -2.36. The Balaban J connectivity index is 1.76. The zero-order valence-electron chi connectivity index (χ0n) is 13.2. The summed E-state index contributed by atoms with van der Waals surface area (Å²) in [6.07, 6.45) is 4.42. The van der Waals surface area contributed by atoms with Crippen LogP contribution in [0.5, 0.6) is 5.88 Å². The van der Waals surface area contributed by atoms with Gasteiger partial charge in [-0.15, -0.1) is 5.10 Å². The Labute approximate surface area is 125 Å². The van der Waals surface area contributed by atoms with Crippen LogP contribution in [0.15, 0.2) is 12.1 Å². The molecular formula is C16H25N4O+. The SMILES string of the molecule is C[N+](C)(C)CCCOc1nn2c3c(ccc2c1N)CCC3. The molecule has 21 heavy (non-hydrogen) atoms. The summed E-state index contributed by atoms with van der Waals surface area (Å²) in [5.74, 6) is 0.580. The van der Waals surface area contributed by atoms with Crippen molar-refractivity contribution < 1.29 is 9.22 Å². The molecule has 2 N–H and O–H groups in total. The monoisotopic (exact) mass is 289 g/mol. The molecule has 0 aliphatic heterocycles. The van der Waals surface area contributed by atoms with Crippen molar-refractivity contribution in [1.29, 1.82) is 0 Å². The van der Waals surface area contributed by atoms with Gasteiger partial charge in [-0.2, -0.15) is 0 Å². The van der Waals surface area contributed by atoms with Crippen LogP contribution in [-0.2, 0) is 12.8 Å². The Kier molecular flexibility index (Phi) is 3.53. The fourth-order valence-electron chi connectivity index (χ4n) is 2.95. The lowest BCUT2D eigenvalue weighted by Gasteiger charge is -2.23. The molecule has 1 aliphatic rings. The Bertz CT molecular complexity index is 654. The van der Waals surface area contributed by atoms with Crippen LogP contribution in [0.4, 0.5) is 5.69 Å². The maximum Gasteiger partial charge on any atom is 0.257 e. The molecule has 2 aromatic rings. The number of anilines is 1. The van der Waals surface area contributed by atoms with Crippen molar-refractivity contribution in [1.82, 2.24) is 9.61 Å². The highest BCUT2D eigenvalue weighted by Gasteiger charge is 2.19. The van der Waals surface area contributed by atoms with E-state index in [1.54, 1.807) is 0 Å². The van der Waals surface area contributed by atoms with Crippen LogP contribution in [0, 0.1) is 0 Å². The third-order valence-electron chi connectivity index (χ3n) is 4.07. The van der Waals surface area contributed by atoms with Gasteiger partial charge in [0, 0.05) is 12.1 Å². The molecule has 0 spiro atoms. The number of hydrogen-bond donors (Lipinski definition) is 1. The zero-order chi connectivity index (χ0) is 15.0. The lowest BCUT2D eigenvalue weighted by molar-refractivity contribution is -0.870. The Morgan fingerprint density at radius 1 is 1.29 bits per heavy atom. The first-order valence-electron chi connectivity index (χ1n) is 7.68. The van der Waals surface area contributed by atoms with Crippen molar-refractivity contribution in [3.63, 3.8) is 0 Å². The van der Waals surface area contributed by atoms with E-state index in [9.17, 15) is 0 Å².